The fourth-order valence-corrected chi connectivity index (χ4v) is 6.60. The van der Waals surface area contributed by atoms with E-state index in [2.05, 4.69) is 27.7 Å². The minimum absolute atomic E-state index is 0.0691. The van der Waals surface area contributed by atoms with Crippen LogP contribution in [0.1, 0.15) is 69.3 Å². The molecule has 5 nitrogen and oxygen atoms in total. The average molecular weight is 403 g/mol. The number of hydrogen-bond donors (Lipinski definition) is 1. The van der Waals surface area contributed by atoms with Crippen molar-refractivity contribution in [2.24, 2.45) is 22.7 Å². The Bertz CT molecular complexity index is 831. The van der Waals surface area contributed by atoms with Crippen LogP contribution < -0.4 is 9.47 Å². The SMILES string of the molecule is COC(=O)c1cc(OC)c2c(c1)O[C@@]13CC[C@H](O)C(C)(C)[C@@H]1CC[C@H](C)[C@@]3(C)C2. The molecular weight excluding hydrogens is 368 g/mol. The largest absolute Gasteiger partial charge is 0.496 e. The monoisotopic (exact) mass is 402 g/mol. The molecule has 0 amide bonds. The zero-order valence-electron chi connectivity index (χ0n) is 18.5. The highest BCUT2D eigenvalue weighted by molar-refractivity contribution is 5.90. The fourth-order valence-electron chi connectivity index (χ4n) is 6.60. The Labute approximate surface area is 173 Å². The second kappa shape index (κ2) is 6.63. The number of fused-ring (bicyclic) bond motifs is 1. The van der Waals surface area contributed by atoms with Crippen molar-refractivity contribution in [1.82, 2.24) is 0 Å². The van der Waals surface area contributed by atoms with Crippen LogP contribution in [0.4, 0.5) is 0 Å². The molecule has 5 atom stereocenters. The van der Waals surface area contributed by atoms with Gasteiger partial charge in [-0.2, -0.15) is 0 Å². The maximum absolute atomic E-state index is 12.2. The summed E-state index contributed by atoms with van der Waals surface area (Å²) in [7, 11) is 3.02. The molecule has 2 aliphatic carbocycles. The smallest absolute Gasteiger partial charge is 0.338 e. The van der Waals surface area contributed by atoms with E-state index >= 15 is 0 Å². The summed E-state index contributed by atoms with van der Waals surface area (Å²) in [6.45, 7) is 9.06. The molecule has 1 aromatic rings. The van der Waals surface area contributed by atoms with Gasteiger partial charge in [-0.25, -0.2) is 4.79 Å². The van der Waals surface area contributed by atoms with Gasteiger partial charge >= 0.3 is 5.97 Å². The molecule has 0 radical (unpaired) electrons. The van der Waals surface area contributed by atoms with Crippen molar-refractivity contribution in [2.75, 3.05) is 14.2 Å². The van der Waals surface area contributed by atoms with Crippen molar-refractivity contribution in [3.8, 4) is 11.5 Å². The summed E-state index contributed by atoms with van der Waals surface area (Å²) >= 11 is 0. The lowest BCUT2D eigenvalue weighted by molar-refractivity contribution is -0.233. The molecule has 29 heavy (non-hydrogen) atoms. The van der Waals surface area contributed by atoms with Crippen LogP contribution in [0.15, 0.2) is 12.1 Å². The Kier molecular flexibility index (Phi) is 4.69. The van der Waals surface area contributed by atoms with Gasteiger partial charge in [0.25, 0.3) is 0 Å². The van der Waals surface area contributed by atoms with Gasteiger partial charge in [0.15, 0.2) is 0 Å². The molecule has 5 heteroatoms. The summed E-state index contributed by atoms with van der Waals surface area (Å²) in [6.07, 6.45) is 4.25. The van der Waals surface area contributed by atoms with E-state index in [4.69, 9.17) is 14.2 Å². The van der Waals surface area contributed by atoms with Gasteiger partial charge in [0.2, 0.25) is 0 Å². The maximum atomic E-state index is 12.2. The molecule has 1 N–H and O–H groups in total. The van der Waals surface area contributed by atoms with Crippen molar-refractivity contribution < 1.29 is 24.1 Å². The van der Waals surface area contributed by atoms with Crippen molar-refractivity contribution in [3.63, 3.8) is 0 Å². The predicted molar refractivity (Wildman–Crippen MR) is 110 cm³/mol. The highest BCUT2D eigenvalue weighted by Crippen LogP contribution is 2.66. The van der Waals surface area contributed by atoms with Crippen molar-refractivity contribution in [1.29, 1.82) is 0 Å². The highest BCUT2D eigenvalue weighted by Gasteiger charge is 2.67. The molecule has 3 aliphatic rings. The van der Waals surface area contributed by atoms with Crippen LogP contribution in [0.2, 0.25) is 0 Å². The summed E-state index contributed by atoms with van der Waals surface area (Å²) in [5.74, 6) is 1.76. The average Bonchev–Trinajstić information content (AvgIpc) is 2.69. The molecule has 1 spiro atoms. The van der Waals surface area contributed by atoms with E-state index in [-0.39, 0.29) is 28.5 Å². The first-order chi connectivity index (χ1) is 13.6. The van der Waals surface area contributed by atoms with E-state index in [0.717, 1.165) is 43.4 Å². The zero-order chi connectivity index (χ0) is 21.2. The standard InChI is InChI=1S/C24H34O5/c1-14-7-8-19-22(2,3)20(25)9-10-24(19)23(14,4)13-16-17(27-5)11-15(21(26)28-6)12-18(16)29-24/h11-12,14,19-20,25H,7-10,13H2,1-6H3/t14-,19-,20-,23+,24-/m0/s1. The van der Waals surface area contributed by atoms with Gasteiger partial charge in [-0.15, -0.1) is 0 Å². The number of ether oxygens (including phenoxy) is 3. The van der Waals surface area contributed by atoms with Crippen molar-refractivity contribution in [3.05, 3.63) is 23.3 Å². The zero-order valence-corrected chi connectivity index (χ0v) is 18.5. The molecule has 0 unspecified atom stereocenters. The number of hydrogen-bond acceptors (Lipinski definition) is 5. The summed E-state index contributed by atoms with van der Waals surface area (Å²) in [5, 5.41) is 10.8. The summed E-state index contributed by atoms with van der Waals surface area (Å²) in [4.78, 5) is 12.2. The normalized spacial score (nSPS) is 37.4. The molecule has 1 heterocycles. The Morgan fingerprint density at radius 3 is 2.55 bits per heavy atom. The Morgan fingerprint density at radius 1 is 1.17 bits per heavy atom. The Balaban J connectivity index is 1.90. The van der Waals surface area contributed by atoms with Gasteiger partial charge < -0.3 is 19.3 Å². The molecule has 160 valence electrons. The third-order valence-electron chi connectivity index (χ3n) is 8.70. The molecule has 2 saturated carbocycles. The van der Waals surface area contributed by atoms with Crippen LogP contribution in [-0.2, 0) is 11.2 Å². The van der Waals surface area contributed by atoms with Gasteiger partial charge in [-0.3, -0.25) is 0 Å². The van der Waals surface area contributed by atoms with Crippen LogP contribution in [0.3, 0.4) is 0 Å². The van der Waals surface area contributed by atoms with E-state index in [0.29, 0.717) is 17.2 Å². The number of esters is 1. The van der Waals surface area contributed by atoms with Crippen molar-refractivity contribution in [2.45, 2.75) is 71.5 Å². The molecule has 4 rings (SSSR count). The van der Waals surface area contributed by atoms with Gasteiger partial charge in [0.05, 0.1) is 25.9 Å². The molecule has 1 aromatic carbocycles. The number of carbonyl (C=O) groups is 1. The molecule has 0 bridgehead atoms. The van der Waals surface area contributed by atoms with Crippen LogP contribution in [0, 0.1) is 22.7 Å². The van der Waals surface area contributed by atoms with E-state index in [1.807, 2.05) is 6.07 Å². The first kappa shape index (κ1) is 20.5. The first-order valence-electron chi connectivity index (χ1n) is 10.8. The number of benzene rings is 1. The lowest BCUT2D eigenvalue weighted by atomic mass is 9.43. The lowest BCUT2D eigenvalue weighted by Gasteiger charge is -2.66. The van der Waals surface area contributed by atoms with Crippen LogP contribution in [-0.4, -0.2) is 37.0 Å². The number of methoxy groups -OCH3 is 2. The first-order valence-corrected chi connectivity index (χ1v) is 10.8. The quantitative estimate of drug-likeness (QED) is 0.744. The third-order valence-corrected chi connectivity index (χ3v) is 8.70. The lowest BCUT2D eigenvalue weighted by Crippen LogP contribution is -2.70. The fraction of sp³-hybridized carbons (Fsp3) is 0.708. The Morgan fingerprint density at radius 2 is 1.90 bits per heavy atom. The predicted octanol–water partition coefficient (Wildman–Crippen LogP) is 4.39. The molecule has 2 fully saturated rings. The second-order valence-electron chi connectivity index (χ2n) is 10.1. The molecule has 0 aromatic heterocycles. The molecule has 0 saturated heterocycles. The molecular formula is C24H34O5. The van der Waals surface area contributed by atoms with E-state index in [9.17, 15) is 9.90 Å². The van der Waals surface area contributed by atoms with Crippen LogP contribution in [0.25, 0.3) is 0 Å². The van der Waals surface area contributed by atoms with E-state index < -0.39 is 5.97 Å². The topological polar surface area (TPSA) is 65.0 Å². The number of rotatable bonds is 2. The van der Waals surface area contributed by atoms with Crippen LogP contribution >= 0.6 is 0 Å². The number of aliphatic hydroxyl groups excluding tert-OH is 1. The Hall–Kier alpha value is -1.75. The van der Waals surface area contributed by atoms with Gasteiger partial charge in [0, 0.05) is 16.9 Å². The summed E-state index contributed by atoms with van der Waals surface area (Å²) in [6, 6.07) is 3.57. The number of carbonyl (C=O) groups excluding carboxylic acids is 1. The maximum Gasteiger partial charge on any atom is 0.338 e. The number of aliphatic hydroxyl groups is 1. The van der Waals surface area contributed by atoms with Crippen molar-refractivity contribution >= 4 is 5.97 Å². The van der Waals surface area contributed by atoms with E-state index in [1.165, 1.54) is 7.11 Å². The third kappa shape index (κ3) is 2.66. The minimum Gasteiger partial charge on any atom is -0.496 e. The second-order valence-corrected chi connectivity index (χ2v) is 10.1. The summed E-state index contributed by atoms with van der Waals surface area (Å²) in [5.41, 5.74) is 0.824. The molecule has 1 aliphatic heterocycles. The minimum atomic E-state index is -0.395. The van der Waals surface area contributed by atoms with Gasteiger partial charge in [0.1, 0.15) is 17.1 Å². The van der Waals surface area contributed by atoms with Crippen LogP contribution in [0.5, 0.6) is 11.5 Å². The van der Waals surface area contributed by atoms with Gasteiger partial charge in [-0.05, 0) is 55.6 Å². The van der Waals surface area contributed by atoms with E-state index in [1.54, 1.807) is 13.2 Å². The highest BCUT2D eigenvalue weighted by atomic mass is 16.5. The summed E-state index contributed by atoms with van der Waals surface area (Å²) < 4.78 is 17.6. The van der Waals surface area contributed by atoms with Gasteiger partial charge in [-0.1, -0.05) is 27.7 Å².